The summed E-state index contributed by atoms with van der Waals surface area (Å²) in [5, 5.41) is 18.2. The molecule has 12 heteroatoms. The van der Waals surface area contributed by atoms with E-state index in [0.29, 0.717) is 0 Å². The fraction of sp³-hybridized carbons (Fsp3) is 0.227. The Labute approximate surface area is 196 Å². The molecular formula is C22H23N3O7S2. The molecule has 0 aliphatic rings. The predicted molar refractivity (Wildman–Crippen MR) is 125 cm³/mol. The van der Waals surface area contributed by atoms with Crippen LogP contribution in [0.25, 0.3) is 0 Å². The van der Waals surface area contributed by atoms with Crippen molar-refractivity contribution in [1.82, 2.24) is 4.57 Å². The monoisotopic (exact) mass is 505 g/mol. The van der Waals surface area contributed by atoms with Crippen molar-refractivity contribution >= 4 is 31.3 Å². The van der Waals surface area contributed by atoms with E-state index in [1.807, 2.05) is 6.92 Å². The summed E-state index contributed by atoms with van der Waals surface area (Å²) in [6.45, 7) is 4.83. The van der Waals surface area contributed by atoms with Gasteiger partial charge in [0, 0.05) is 12.1 Å². The maximum atomic E-state index is 12.8. The lowest BCUT2D eigenvalue weighted by Crippen LogP contribution is -2.22. The Morgan fingerprint density at radius 2 is 1.41 bits per heavy atom. The molecule has 0 saturated carbocycles. The quantitative estimate of drug-likeness (QED) is 0.365. The van der Waals surface area contributed by atoms with Gasteiger partial charge in [-0.25, -0.2) is 8.42 Å². The molecule has 10 nitrogen and oxygen atoms in total. The summed E-state index contributed by atoms with van der Waals surface area (Å²) in [6, 6.07) is 12.0. The molecule has 2 N–H and O–H groups in total. The minimum atomic E-state index is -4.49. The van der Waals surface area contributed by atoms with Crippen LogP contribution in [0.1, 0.15) is 23.6 Å². The lowest BCUT2D eigenvalue weighted by molar-refractivity contribution is 0.403. The van der Waals surface area contributed by atoms with Crippen molar-refractivity contribution in [1.29, 1.82) is 0 Å². The molecule has 0 radical (unpaired) electrons. The molecule has 3 rings (SSSR count). The Morgan fingerprint density at radius 3 is 1.91 bits per heavy atom. The molecule has 0 amide bonds. The number of aryl methyl sites for hydroxylation is 1. The first kappa shape index (κ1) is 25.3. The number of benzene rings is 2. The van der Waals surface area contributed by atoms with Crippen LogP contribution in [0.15, 0.2) is 73.3 Å². The Morgan fingerprint density at radius 1 is 0.882 bits per heavy atom. The van der Waals surface area contributed by atoms with E-state index in [9.17, 15) is 31.3 Å². The van der Waals surface area contributed by atoms with Gasteiger partial charge in [-0.2, -0.15) is 13.5 Å². The van der Waals surface area contributed by atoms with Gasteiger partial charge >= 0.3 is 0 Å². The summed E-state index contributed by atoms with van der Waals surface area (Å²) in [6.07, 6.45) is 0. The molecule has 0 unspecified atom stereocenters. The summed E-state index contributed by atoms with van der Waals surface area (Å²) in [5.74, 6) is -1.48. The van der Waals surface area contributed by atoms with Gasteiger partial charge in [0.15, 0.2) is 11.6 Å². The smallest absolute Gasteiger partial charge is 0.281 e. The van der Waals surface area contributed by atoms with Crippen LogP contribution in [-0.4, -0.2) is 31.1 Å². The van der Waals surface area contributed by atoms with E-state index < -0.39 is 37.1 Å². The topological polar surface area (TPSA) is 155 Å². The van der Waals surface area contributed by atoms with Gasteiger partial charge in [0.05, 0.1) is 15.5 Å². The van der Waals surface area contributed by atoms with Crippen molar-refractivity contribution in [2.75, 3.05) is 0 Å². The van der Waals surface area contributed by atoms with Crippen LogP contribution < -0.4 is 5.56 Å². The Balaban J connectivity index is 1.99. The third-order valence-electron chi connectivity index (χ3n) is 5.17. The predicted octanol–water partition coefficient (Wildman–Crippen LogP) is 3.83. The van der Waals surface area contributed by atoms with E-state index in [1.165, 1.54) is 43.3 Å². The molecule has 0 fully saturated rings. The first-order chi connectivity index (χ1) is 15.8. The van der Waals surface area contributed by atoms with Gasteiger partial charge in [0.2, 0.25) is 9.84 Å². The third kappa shape index (κ3) is 5.24. The number of hydrogen-bond donors (Lipinski definition) is 2. The molecule has 0 bridgehead atoms. The second-order valence-electron chi connectivity index (χ2n) is 7.56. The number of nitrogens with zero attached hydrogens (tertiary/aromatic N) is 3. The molecule has 0 aliphatic carbocycles. The van der Waals surface area contributed by atoms with Gasteiger partial charge in [-0.1, -0.05) is 17.7 Å². The van der Waals surface area contributed by atoms with Gasteiger partial charge in [-0.15, -0.1) is 5.11 Å². The highest BCUT2D eigenvalue weighted by Gasteiger charge is 2.22. The maximum absolute atomic E-state index is 12.8. The van der Waals surface area contributed by atoms with Crippen molar-refractivity contribution < 1.29 is 26.5 Å². The average molecular weight is 506 g/mol. The molecule has 34 heavy (non-hydrogen) atoms. The van der Waals surface area contributed by atoms with Gasteiger partial charge in [-0.05, 0) is 62.7 Å². The fourth-order valence-electron chi connectivity index (χ4n) is 3.28. The molecule has 0 atom stereocenters. The number of aromatic nitrogens is 1. The summed E-state index contributed by atoms with van der Waals surface area (Å²) >= 11 is 0. The summed E-state index contributed by atoms with van der Waals surface area (Å²) in [4.78, 5) is 12.9. The molecule has 2 aromatic carbocycles. The molecule has 0 saturated heterocycles. The van der Waals surface area contributed by atoms with Crippen LogP contribution >= 0.6 is 0 Å². The second kappa shape index (κ2) is 9.49. The van der Waals surface area contributed by atoms with Crippen molar-refractivity contribution in [2.45, 2.75) is 42.9 Å². The van der Waals surface area contributed by atoms with E-state index >= 15 is 0 Å². The Kier molecular flexibility index (Phi) is 7.05. The lowest BCUT2D eigenvalue weighted by Gasteiger charge is -2.14. The minimum Gasteiger partial charge on any atom is -0.494 e. The Hall–Kier alpha value is -3.35. The van der Waals surface area contributed by atoms with Crippen LogP contribution in [0.4, 0.5) is 11.4 Å². The summed E-state index contributed by atoms with van der Waals surface area (Å²) in [5.41, 5.74) is 0.147. The maximum Gasteiger partial charge on any atom is 0.281 e. The van der Waals surface area contributed by atoms with Gasteiger partial charge in [0.25, 0.3) is 15.7 Å². The number of rotatable bonds is 7. The van der Waals surface area contributed by atoms with Crippen LogP contribution in [0, 0.1) is 13.8 Å². The van der Waals surface area contributed by atoms with Crippen molar-refractivity contribution in [3.05, 3.63) is 75.6 Å². The van der Waals surface area contributed by atoms with Crippen LogP contribution in [0.5, 0.6) is 5.88 Å². The highest BCUT2D eigenvalue weighted by molar-refractivity contribution is 7.91. The SMILES string of the molecule is CCn1c(O)c(CS(=O)(=O)O)c(C)c(N=Nc2ccc(S(=O)(=O)c3ccc(C)cc3)cc2)c1=O. The standard InChI is InChI=1S/C22H23N3O7S2/c1-4-25-21(26)19(13-33(28,29)30)15(3)20(22(25)27)24-23-16-7-11-18(12-8-16)34(31,32)17-9-5-14(2)6-10-17/h5-12,26H,4,13H2,1-3H3,(H,28,29,30). The molecule has 1 heterocycles. The molecule has 0 spiro atoms. The van der Waals surface area contributed by atoms with Crippen molar-refractivity contribution in [3.8, 4) is 5.88 Å². The van der Waals surface area contributed by atoms with Crippen LogP contribution in [-0.2, 0) is 32.3 Å². The molecule has 1 aromatic heterocycles. The van der Waals surface area contributed by atoms with Gasteiger partial charge in [0.1, 0.15) is 5.75 Å². The van der Waals surface area contributed by atoms with E-state index in [0.717, 1.165) is 10.1 Å². The minimum absolute atomic E-state index is 0.0253. The van der Waals surface area contributed by atoms with Gasteiger partial charge in [-0.3, -0.25) is 13.9 Å². The molecule has 180 valence electrons. The second-order valence-corrected chi connectivity index (χ2v) is 11.0. The van der Waals surface area contributed by atoms with Crippen LogP contribution in [0.2, 0.25) is 0 Å². The lowest BCUT2D eigenvalue weighted by atomic mass is 10.1. The third-order valence-corrected chi connectivity index (χ3v) is 7.61. The number of azo groups is 1. The number of aromatic hydroxyl groups is 1. The number of sulfone groups is 1. The van der Waals surface area contributed by atoms with E-state index in [2.05, 4.69) is 10.2 Å². The molecular weight excluding hydrogens is 482 g/mol. The first-order valence-electron chi connectivity index (χ1n) is 10.1. The summed E-state index contributed by atoms with van der Waals surface area (Å²) < 4.78 is 58.4. The Bertz CT molecular complexity index is 1520. The first-order valence-corrected chi connectivity index (χ1v) is 13.2. The van der Waals surface area contributed by atoms with Gasteiger partial charge < -0.3 is 5.11 Å². The zero-order chi connectivity index (χ0) is 25.3. The zero-order valence-corrected chi connectivity index (χ0v) is 20.3. The highest BCUT2D eigenvalue weighted by atomic mass is 32.2. The highest BCUT2D eigenvalue weighted by Crippen LogP contribution is 2.29. The zero-order valence-electron chi connectivity index (χ0n) is 18.6. The van der Waals surface area contributed by atoms with E-state index in [1.54, 1.807) is 19.1 Å². The van der Waals surface area contributed by atoms with Crippen molar-refractivity contribution in [2.24, 2.45) is 10.2 Å². The largest absolute Gasteiger partial charge is 0.494 e. The summed E-state index contributed by atoms with van der Waals surface area (Å²) in [7, 11) is -8.22. The average Bonchev–Trinajstić information content (AvgIpc) is 2.77. The number of pyridine rings is 1. The number of hydrogen-bond acceptors (Lipinski definition) is 8. The normalized spacial score (nSPS) is 12.4. The van der Waals surface area contributed by atoms with E-state index in [-0.39, 0.29) is 38.8 Å². The molecule has 0 aliphatic heterocycles. The van der Waals surface area contributed by atoms with E-state index in [4.69, 9.17) is 0 Å². The van der Waals surface area contributed by atoms with Crippen molar-refractivity contribution in [3.63, 3.8) is 0 Å². The van der Waals surface area contributed by atoms with Crippen LogP contribution in [0.3, 0.4) is 0 Å². The fourth-order valence-corrected chi connectivity index (χ4v) is 5.25. The molecule has 3 aromatic rings.